The number of allylic oxidation sites excluding steroid dienone is 1. The van der Waals surface area contributed by atoms with Crippen LogP contribution in [-0.4, -0.2) is 0 Å². The lowest BCUT2D eigenvalue weighted by Crippen LogP contribution is -2.08. The molecule has 0 spiro atoms. The first-order valence-electron chi connectivity index (χ1n) is 5.70. The van der Waals surface area contributed by atoms with E-state index in [-0.39, 0.29) is 0 Å². The highest BCUT2D eigenvalue weighted by atomic mass is 16.3. The molecule has 0 fully saturated rings. The van der Waals surface area contributed by atoms with Crippen molar-refractivity contribution in [3.8, 4) is 0 Å². The fourth-order valence-electron chi connectivity index (χ4n) is 1.60. The Balaban J connectivity index is 2.45. The van der Waals surface area contributed by atoms with E-state index in [1.54, 1.807) is 0 Å². The van der Waals surface area contributed by atoms with Crippen molar-refractivity contribution in [2.75, 3.05) is 0 Å². The van der Waals surface area contributed by atoms with Crippen molar-refractivity contribution < 1.29 is 4.42 Å². The molecule has 0 amide bonds. The Morgan fingerprint density at radius 3 is 2.53 bits per heavy atom. The second-order valence-corrected chi connectivity index (χ2v) is 5.29. The summed E-state index contributed by atoms with van der Waals surface area (Å²) in [5.41, 5.74) is 0.302. The van der Waals surface area contributed by atoms with Crippen LogP contribution in [0.3, 0.4) is 0 Å². The van der Waals surface area contributed by atoms with E-state index in [0.29, 0.717) is 5.41 Å². The van der Waals surface area contributed by atoms with Gasteiger partial charge < -0.3 is 4.42 Å². The molecular weight excluding hydrogens is 184 g/mol. The zero-order valence-electron chi connectivity index (χ0n) is 10.2. The molecule has 0 aliphatic carbocycles. The SMILES string of the molecule is C=CCCCc1ccc(CC(C)(C)C)o1. The van der Waals surface area contributed by atoms with Crippen molar-refractivity contribution in [1.29, 1.82) is 0 Å². The standard InChI is InChI=1S/C14H22O/c1-5-6-7-8-12-9-10-13(15-12)11-14(2,3)4/h5,9-10H,1,6-8,11H2,2-4H3. The average molecular weight is 206 g/mol. The summed E-state index contributed by atoms with van der Waals surface area (Å²) in [5.74, 6) is 2.22. The second kappa shape index (κ2) is 5.20. The van der Waals surface area contributed by atoms with Crippen LogP contribution in [-0.2, 0) is 12.8 Å². The number of rotatable bonds is 5. The maximum Gasteiger partial charge on any atom is 0.104 e. The summed E-state index contributed by atoms with van der Waals surface area (Å²) in [6.07, 6.45) is 6.19. The van der Waals surface area contributed by atoms with E-state index in [4.69, 9.17) is 4.42 Å². The van der Waals surface area contributed by atoms with Crippen LogP contribution in [0.15, 0.2) is 29.2 Å². The van der Waals surface area contributed by atoms with Gasteiger partial charge in [0.2, 0.25) is 0 Å². The van der Waals surface area contributed by atoms with E-state index in [0.717, 1.165) is 37.2 Å². The van der Waals surface area contributed by atoms with Crippen molar-refractivity contribution in [3.05, 3.63) is 36.3 Å². The minimum absolute atomic E-state index is 0.302. The van der Waals surface area contributed by atoms with Gasteiger partial charge >= 0.3 is 0 Å². The molecule has 1 nitrogen and oxygen atoms in total. The molecule has 15 heavy (non-hydrogen) atoms. The molecule has 0 saturated heterocycles. The van der Waals surface area contributed by atoms with Gasteiger partial charge in [0.1, 0.15) is 11.5 Å². The summed E-state index contributed by atoms with van der Waals surface area (Å²) in [7, 11) is 0. The topological polar surface area (TPSA) is 13.1 Å². The maximum absolute atomic E-state index is 5.77. The van der Waals surface area contributed by atoms with Crippen molar-refractivity contribution in [2.45, 2.75) is 46.5 Å². The molecule has 0 bridgehead atoms. The van der Waals surface area contributed by atoms with Gasteiger partial charge in [-0.3, -0.25) is 0 Å². The van der Waals surface area contributed by atoms with Crippen LogP contribution < -0.4 is 0 Å². The van der Waals surface area contributed by atoms with E-state index in [9.17, 15) is 0 Å². The zero-order chi connectivity index (χ0) is 11.3. The van der Waals surface area contributed by atoms with Crippen LogP contribution in [0.1, 0.15) is 45.1 Å². The first kappa shape index (κ1) is 12.1. The first-order chi connectivity index (χ1) is 7.01. The molecule has 1 aromatic heterocycles. The number of unbranched alkanes of at least 4 members (excludes halogenated alkanes) is 1. The maximum atomic E-state index is 5.77. The van der Waals surface area contributed by atoms with E-state index in [1.807, 2.05) is 6.08 Å². The van der Waals surface area contributed by atoms with Gasteiger partial charge in [0.15, 0.2) is 0 Å². The third kappa shape index (κ3) is 4.87. The third-order valence-corrected chi connectivity index (χ3v) is 2.25. The molecule has 0 aromatic carbocycles. The molecule has 1 heterocycles. The van der Waals surface area contributed by atoms with Crippen LogP contribution in [0.2, 0.25) is 0 Å². The lowest BCUT2D eigenvalue weighted by Gasteiger charge is -2.15. The van der Waals surface area contributed by atoms with E-state index >= 15 is 0 Å². The molecule has 0 aliphatic heterocycles. The van der Waals surface area contributed by atoms with Gasteiger partial charge in [-0.1, -0.05) is 26.8 Å². The number of hydrogen-bond donors (Lipinski definition) is 0. The fraction of sp³-hybridized carbons (Fsp3) is 0.571. The van der Waals surface area contributed by atoms with Crippen molar-refractivity contribution in [1.82, 2.24) is 0 Å². The summed E-state index contributed by atoms with van der Waals surface area (Å²) in [6.45, 7) is 10.4. The lowest BCUT2D eigenvalue weighted by molar-refractivity contribution is 0.353. The molecule has 1 rings (SSSR count). The molecule has 0 aliphatic rings. The van der Waals surface area contributed by atoms with Gasteiger partial charge in [-0.15, -0.1) is 6.58 Å². The lowest BCUT2D eigenvalue weighted by atomic mass is 9.91. The number of aryl methyl sites for hydroxylation is 1. The van der Waals surface area contributed by atoms with Gasteiger partial charge in [0.25, 0.3) is 0 Å². The summed E-state index contributed by atoms with van der Waals surface area (Å²) in [4.78, 5) is 0. The highest BCUT2D eigenvalue weighted by Gasteiger charge is 2.13. The van der Waals surface area contributed by atoms with Crippen LogP contribution in [0.25, 0.3) is 0 Å². The highest BCUT2D eigenvalue weighted by Crippen LogP contribution is 2.22. The molecule has 1 heteroatoms. The quantitative estimate of drug-likeness (QED) is 0.515. The Morgan fingerprint density at radius 1 is 1.27 bits per heavy atom. The van der Waals surface area contributed by atoms with Crippen molar-refractivity contribution >= 4 is 0 Å². The molecule has 0 radical (unpaired) electrons. The van der Waals surface area contributed by atoms with Crippen LogP contribution in [0.4, 0.5) is 0 Å². The Bertz CT molecular complexity index is 301. The Hall–Kier alpha value is -0.980. The van der Waals surface area contributed by atoms with Gasteiger partial charge in [-0.25, -0.2) is 0 Å². The van der Waals surface area contributed by atoms with E-state index in [1.165, 1.54) is 0 Å². The fourth-order valence-corrected chi connectivity index (χ4v) is 1.60. The molecule has 84 valence electrons. The predicted molar refractivity (Wildman–Crippen MR) is 65.0 cm³/mol. The zero-order valence-corrected chi connectivity index (χ0v) is 10.2. The first-order valence-corrected chi connectivity index (χ1v) is 5.70. The van der Waals surface area contributed by atoms with Crippen LogP contribution in [0.5, 0.6) is 0 Å². The largest absolute Gasteiger partial charge is 0.466 e. The predicted octanol–water partition coefficient (Wildman–Crippen LogP) is 4.38. The Kier molecular flexibility index (Phi) is 4.19. The molecule has 1 aromatic rings. The summed E-state index contributed by atoms with van der Waals surface area (Å²) >= 11 is 0. The van der Waals surface area contributed by atoms with Crippen LogP contribution in [0, 0.1) is 5.41 Å². The summed E-state index contributed by atoms with van der Waals surface area (Å²) in [5, 5.41) is 0. The second-order valence-electron chi connectivity index (χ2n) is 5.29. The van der Waals surface area contributed by atoms with Gasteiger partial charge in [0.05, 0.1) is 0 Å². The number of furan rings is 1. The van der Waals surface area contributed by atoms with Crippen molar-refractivity contribution in [2.24, 2.45) is 5.41 Å². The average Bonchev–Trinajstić information content (AvgIpc) is 2.50. The normalized spacial score (nSPS) is 11.7. The smallest absolute Gasteiger partial charge is 0.104 e. The third-order valence-electron chi connectivity index (χ3n) is 2.25. The monoisotopic (exact) mass is 206 g/mol. The molecular formula is C14H22O. The number of hydrogen-bond acceptors (Lipinski definition) is 1. The molecule has 0 atom stereocenters. The molecule has 0 unspecified atom stereocenters. The summed E-state index contributed by atoms with van der Waals surface area (Å²) in [6, 6.07) is 4.21. The Morgan fingerprint density at radius 2 is 1.93 bits per heavy atom. The highest BCUT2D eigenvalue weighted by molar-refractivity contribution is 5.08. The van der Waals surface area contributed by atoms with Crippen LogP contribution >= 0.6 is 0 Å². The Labute approximate surface area is 93.2 Å². The summed E-state index contributed by atoms with van der Waals surface area (Å²) < 4.78 is 5.77. The minimum Gasteiger partial charge on any atom is -0.466 e. The van der Waals surface area contributed by atoms with Gasteiger partial charge in [-0.05, 0) is 30.4 Å². The van der Waals surface area contributed by atoms with Gasteiger partial charge in [-0.2, -0.15) is 0 Å². The van der Waals surface area contributed by atoms with Gasteiger partial charge in [0, 0.05) is 12.8 Å². The van der Waals surface area contributed by atoms with E-state index < -0.39 is 0 Å². The minimum atomic E-state index is 0.302. The molecule has 0 N–H and O–H groups in total. The van der Waals surface area contributed by atoms with E-state index in [2.05, 4.69) is 39.5 Å². The van der Waals surface area contributed by atoms with Crippen molar-refractivity contribution in [3.63, 3.8) is 0 Å². The molecule has 0 saturated carbocycles.